The van der Waals surface area contributed by atoms with Crippen LogP contribution in [0.4, 0.5) is 5.69 Å². The number of benzene rings is 2. The quantitative estimate of drug-likeness (QED) is 0.780. The predicted octanol–water partition coefficient (Wildman–Crippen LogP) is 5.64. The Hall–Kier alpha value is -1.80. The molecule has 0 aromatic heterocycles. The van der Waals surface area contributed by atoms with Crippen molar-refractivity contribution in [1.82, 2.24) is 0 Å². The van der Waals surface area contributed by atoms with Gasteiger partial charge in [0.2, 0.25) is 0 Å². The maximum absolute atomic E-state index is 12.5. The Balaban J connectivity index is 1.83. The van der Waals surface area contributed by atoms with Crippen molar-refractivity contribution in [3.05, 3.63) is 64.7 Å². The van der Waals surface area contributed by atoms with Gasteiger partial charge in [-0.05, 0) is 42.5 Å². The van der Waals surface area contributed by atoms with Gasteiger partial charge in [0.25, 0.3) is 5.91 Å². The molecule has 0 heterocycles. The van der Waals surface area contributed by atoms with E-state index in [4.69, 9.17) is 11.6 Å². The molecule has 1 aliphatic carbocycles. The zero-order chi connectivity index (χ0) is 15.4. The van der Waals surface area contributed by atoms with Crippen molar-refractivity contribution < 1.29 is 4.79 Å². The fourth-order valence-electron chi connectivity index (χ4n) is 3.22. The molecule has 22 heavy (non-hydrogen) atoms. The number of rotatable bonds is 3. The monoisotopic (exact) mass is 313 g/mol. The molecule has 0 aliphatic heterocycles. The van der Waals surface area contributed by atoms with Crippen LogP contribution in [0.5, 0.6) is 0 Å². The van der Waals surface area contributed by atoms with Crippen molar-refractivity contribution in [3.8, 4) is 0 Å². The van der Waals surface area contributed by atoms with Gasteiger partial charge in [0, 0.05) is 5.69 Å². The van der Waals surface area contributed by atoms with Crippen LogP contribution in [0.15, 0.2) is 48.5 Å². The molecule has 2 nitrogen and oxygen atoms in total. The summed E-state index contributed by atoms with van der Waals surface area (Å²) in [6, 6.07) is 15.3. The van der Waals surface area contributed by atoms with Crippen molar-refractivity contribution in [2.45, 2.75) is 38.0 Å². The van der Waals surface area contributed by atoms with Gasteiger partial charge in [0.1, 0.15) is 0 Å². The van der Waals surface area contributed by atoms with E-state index in [0.717, 1.165) is 5.69 Å². The van der Waals surface area contributed by atoms with Gasteiger partial charge in [-0.25, -0.2) is 0 Å². The summed E-state index contributed by atoms with van der Waals surface area (Å²) in [7, 11) is 0. The second-order valence-corrected chi connectivity index (χ2v) is 6.26. The molecule has 3 heteroatoms. The summed E-state index contributed by atoms with van der Waals surface area (Å²) >= 11 is 6.11. The van der Waals surface area contributed by atoms with Gasteiger partial charge >= 0.3 is 0 Å². The zero-order valence-electron chi connectivity index (χ0n) is 12.5. The summed E-state index contributed by atoms with van der Waals surface area (Å²) in [6.07, 6.45) is 6.29. The largest absolute Gasteiger partial charge is 0.322 e. The summed E-state index contributed by atoms with van der Waals surface area (Å²) in [5.74, 6) is 0.408. The number of carbonyl (C=O) groups is 1. The molecular formula is C19H20ClNO. The van der Waals surface area contributed by atoms with Crippen molar-refractivity contribution in [2.24, 2.45) is 0 Å². The van der Waals surface area contributed by atoms with Crippen LogP contribution < -0.4 is 5.32 Å². The molecule has 1 aliphatic rings. The summed E-state index contributed by atoms with van der Waals surface area (Å²) in [6.45, 7) is 0. The minimum absolute atomic E-state index is 0.145. The van der Waals surface area contributed by atoms with Gasteiger partial charge in [0.15, 0.2) is 0 Å². The van der Waals surface area contributed by atoms with Crippen LogP contribution in [0.2, 0.25) is 5.02 Å². The Bertz CT molecular complexity index is 662. The van der Waals surface area contributed by atoms with Gasteiger partial charge in [-0.15, -0.1) is 0 Å². The molecule has 0 saturated heterocycles. The van der Waals surface area contributed by atoms with E-state index >= 15 is 0 Å². The number of hydrogen-bond acceptors (Lipinski definition) is 1. The van der Waals surface area contributed by atoms with Gasteiger partial charge in [-0.2, -0.15) is 0 Å². The molecular weight excluding hydrogens is 294 g/mol. The first-order valence-electron chi connectivity index (χ1n) is 7.90. The fourth-order valence-corrected chi connectivity index (χ4v) is 3.44. The minimum atomic E-state index is -0.145. The molecule has 1 fully saturated rings. The van der Waals surface area contributed by atoms with Gasteiger partial charge < -0.3 is 5.32 Å². The topological polar surface area (TPSA) is 29.1 Å². The van der Waals surface area contributed by atoms with Crippen molar-refractivity contribution in [1.29, 1.82) is 0 Å². The van der Waals surface area contributed by atoms with Crippen LogP contribution in [-0.4, -0.2) is 5.91 Å². The van der Waals surface area contributed by atoms with E-state index < -0.39 is 0 Å². The number of carbonyl (C=O) groups excluding carboxylic acids is 1. The lowest BCUT2D eigenvalue weighted by molar-refractivity contribution is 0.102. The van der Waals surface area contributed by atoms with E-state index in [0.29, 0.717) is 16.5 Å². The van der Waals surface area contributed by atoms with Crippen LogP contribution in [0, 0.1) is 0 Å². The Kier molecular flexibility index (Phi) is 4.79. The first-order valence-corrected chi connectivity index (χ1v) is 8.28. The lowest BCUT2D eigenvalue weighted by atomic mass is 9.83. The Morgan fingerprint density at radius 2 is 1.64 bits per heavy atom. The summed E-state index contributed by atoms with van der Waals surface area (Å²) in [4.78, 5) is 12.5. The van der Waals surface area contributed by atoms with Crippen LogP contribution in [-0.2, 0) is 0 Å². The third kappa shape index (κ3) is 3.33. The fraction of sp³-hybridized carbons (Fsp3) is 0.316. The number of para-hydroxylation sites is 1. The lowest BCUT2D eigenvalue weighted by Gasteiger charge is -2.24. The van der Waals surface area contributed by atoms with Crippen LogP contribution in [0.25, 0.3) is 0 Å². The van der Waals surface area contributed by atoms with Gasteiger partial charge in [-0.3, -0.25) is 4.79 Å². The Morgan fingerprint density at radius 3 is 2.41 bits per heavy atom. The molecule has 0 unspecified atom stereocenters. The second-order valence-electron chi connectivity index (χ2n) is 5.86. The number of anilines is 1. The highest BCUT2D eigenvalue weighted by molar-refractivity contribution is 6.34. The lowest BCUT2D eigenvalue weighted by Crippen LogP contribution is -2.15. The molecule has 114 valence electrons. The van der Waals surface area contributed by atoms with Crippen LogP contribution >= 0.6 is 11.6 Å². The van der Waals surface area contributed by atoms with Crippen LogP contribution in [0.3, 0.4) is 0 Å². The molecule has 1 N–H and O–H groups in total. The van der Waals surface area contributed by atoms with Crippen molar-refractivity contribution in [3.63, 3.8) is 0 Å². The molecule has 2 aromatic carbocycles. The summed E-state index contributed by atoms with van der Waals surface area (Å²) in [5.41, 5.74) is 2.68. The molecule has 1 saturated carbocycles. The molecule has 3 rings (SSSR count). The average Bonchev–Trinajstić information content (AvgIpc) is 2.56. The Labute approximate surface area is 136 Å². The predicted molar refractivity (Wildman–Crippen MR) is 91.7 cm³/mol. The molecule has 0 spiro atoms. The number of hydrogen-bond donors (Lipinski definition) is 1. The standard InChI is InChI=1S/C19H20ClNO/c20-17-12-6-4-11-16(17)19(22)21-18-13-7-5-10-15(18)14-8-2-1-3-9-14/h4-7,10-14H,1-3,8-9H2,(H,21,22). The second kappa shape index (κ2) is 6.97. The molecule has 0 bridgehead atoms. The van der Waals surface area contributed by atoms with Gasteiger partial charge in [-0.1, -0.05) is 61.2 Å². The van der Waals surface area contributed by atoms with E-state index in [1.54, 1.807) is 12.1 Å². The van der Waals surface area contributed by atoms with Crippen molar-refractivity contribution >= 4 is 23.2 Å². The summed E-state index contributed by atoms with van der Waals surface area (Å²) < 4.78 is 0. The van der Waals surface area contributed by atoms with E-state index in [9.17, 15) is 4.79 Å². The van der Waals surface area contributed by atoms with E-state index in [-0.39, 0.29) is 5.91 Å². The highest BCUT2D eigenvalue weighted by Gasteiger charge is 2.19. The SMILES string of the molecule is O=C(Nc1ccccc1C1CCCCC1)c1ccccc1Cl. The number of halogens is 1. The third-order valence-electron chi connectivity index (χ3n) is 4.37. The molecule has 0 radical (unpaired) electrons. The number of nitrogens with one attached hydrogen (secondary N) is 1. The van der Waals surface area contributed by atoms with E-state index in [1.807, 2.05) is 24.3 Å². The third-order valence-corrected chi connectivity index (χ3v) is 4.70. The molecule has 2 aromatic rings. The first kappa shape index (κ1) is 15.1. The highest BCUT2D eigenvalue weighted by atomic mass is 35.5. The van der Waals surface area contributed by atoms with Crippen LogP contribution in [0.1, 0.15) is 53.9 Å². The molecule has 0 atom stereocenters. The smallest absolute Gasteiger partial charge is 0.257 e. The molecule has 1 amide bonds. The maximum Gasteiger partial charge on any atom is 0.257 e. The summed E-state index contributed by atoms with van der Waals surface area (Å²) in [5, 5.41) is 3.52. The normalized spacial score (nSPS) is 15.5. The van der Waals surface area contributed by atoms with E-state index in [1.165, 1.54) is 37.7 Å². The maximum atomic E-state index is 12.5. The highest BCUT2D eigenvalue weighted by Crippen LogP contribution is 2.36. The minimum Gasteiger partial charge on any atom is -0.322 e. The van der Waals surface area contributed by atoms with E-state index in [2.05, 4.69) is 17.4 Å². The van der Waals surface area contributed by atoms with Gasteiger partial charge in [0.05, 0.1) is 10.6 Å². The zero-order valence-corrected chi connectivity index (χ0v) is 13.3. The Morgan fingerprint density at radius 1 is 0.955 bits per heavy atom. The first-order chi connectivity index (χ1) is 10.8. The number of amides is 1. The van der Waals surface area contributed by atoms with Crippen molar-refractivity contribution in [2.75, 3.05) is 5.32 Å². The average molecular weight is 314 g/mol.